The Kier molecular flexibility index (Phi) is 4.30. The Morgan fingerprint density at radius 3 is 2.78 bits per heavy atom. The Hall–Kier alpha value is -1.43. The standard InChI is InChI=1S/C12H21N5O/c1-3-10-14-11(16-15-10)12(18)17(2)8-9-4-6-13-7-5-9/h9,13H,3-8H2,1-2H3,(H,14,15,16). The van der Waals surface area contributed by atoms with Gasteiger partial charge in [0.25, 0.3) is 5.91 Å². The van der Waals surface area contributed by atoms with Crippen molar-refractivity contribution in [3.8, 4) is 0 Å². The molecule has 0 spiro atoms. The van der Waals surface area contributed by atoms with E-state index >= 15 is 0 Å². The highest BCUT2D eigenvalue weighted by Gasteiger charge is 2.21. The van der Waals surface area contributed by atoms with Crippen LogP contribution in [0.1, 0.15) is 36.2 Å². The van der Waals surface area contributed by atoms with Gasteiger partial charge in [-0.15, -0.1) is 5.10 Å². The molecule has 0 unspecified atom stereocenters. The molecule has 0 radical (unpaired) electrons. The summed E-state index contributed by atoms with van der Waals surface area (Å²) in [7, 11) is 1.83. The third kappa shape index (κ3) is 3.07. The first-order valence-corrected chi connectivity index (χ1v) is 6.58. The van der Waals surface area contributed by atoms with E-state index in [0.29, 0.717) is 5.92 Å². The van der Waals surface area contributed by atoms with Gasteiger partial charge in [0.2, 0.25) is 5.82 Å². The summed E-state index contributed by atoms with van der Waals surface area (Å²) in [6.45, 7) is 4.87. The second kappa shape index (κ2) is 5.95. The predicted octanol–water partition coefficient (Wildman–Crippen LogP) is 0.439. The summed E-state index contributed by atoms with van der Waals surface area (Å²) in [6, 6.07) is 0. The summed E-state index contributed by atoms with van der Waals surface area (Å²) < 4.78 is 0. The van der Waals surface area contributed by atoms with E-state index in [1.165, 1.54) is 0 Å². The highest BCUT2D eigenvalue weighted by molar-refractivity contribution is 5.90. The molecule has 1 aromatic rings. The van der Waals surface area contributed by atoms with E-state index in [1.54, 1.807) is 4.90 Å². The van der Waals surface area contributed by atoms with Gasteiger partial charge in [-0.25, -0.2) is 4.98 Å². The molecule has 1 aliphatic heterocycles. The van der Waals surface area contributed by atoms with Crippen LogP contribution in [-0.2, 0) is 6.42 Å². The lowest BCUT2D eigenvalue weighted by Crippen LogP contribution is -2.37. The number of carbonyl (C=O) groups excluding carboxylic acids is 1. The second-order valence-corrected chi connectivity index (χ2v) is 4.84. The molecule has 1 saturated heterocycles. The normalized spacial score (nSPS) is 16.8. The number of carbonyl (C=O) groups is 1. The van der Waals surface area contributed by atoms with Crippen LogP contribution in [0.5, 0.6) is 0 Å². The Balaban J connectivity index is 1.91. The van der Waals surface area contributed by atoms with Crippen molar-refractivity contribution in [1.29, 1.82) is 0 Å². The van der Waals surface area contributed by atoms with Crippen LogP contribution in [0.2, 0.25) is 0 Å². The number of hydrogen-bond acceptors (Lipinski definition) is 4. The van der Waals surface area contributed by atoms with Crippen molar-refractivity contribution in [3.05, 3.63) is 11.6 Å². The van der Waals surface area contributed by atoms with E-state index in [-0.39, 0.29) is 11.7 Å². The van der Waals surface area contributed by atoms with Crippen LogP contribution in [0.25, 0.3) is 0 Å². The van der Waals surface area contributed by atoms with Gasteiger partial charge in [0.1, 0.15) is 5.82 Å². The minimum Gasteiger partial charge on any atom is -0.339 e. The van der Waals surface area contributed by atoms with Crippen molar-refractivity contribution in [1.82, 2.24) is 25.4 Å². The molecule has 2 rings (SSSR count). The van der Waals surface area contributed by atoms with Gasteiger partial charge in [0.05, 0.1) is 0 Å². The van der Waals surface area contributed by atoms with E-state index in [4.69, 9.17) is 0 Å². The van der Waals surface area contributed by atoms with Gasteiger partial charge < -0.3 is 10.2 Å². The van der Waals surface area contributed by atoms with Gasteiger partial charge in [0.15, 0.2) is 0 Å². The number of rotatable bonds is 4. The highest BCUT2D eigenvalue weighted by atomic mass is 16.2. The third-order valence-electron chi connectivity index (χ3n) is 3.40. The number of nitrogens with zero attached hydrogens (tertiary/aromatic N) is 3. The van der Waals surface area contributed by atoms with Crippen molar-refractivity contribution in [2.75, 3.05) is 26.7 Å². The molecule has 0 aromatic carbocycles. The molecule has 6 nitrogen and oxygen atoms in total. The molecule has 1 fully saturated rings. The summed E-state index contributed by atoms with van der Waals surface area (Å²) in [5.74, 6) is 1.53. The van der Waals surface area contributed by atoms with Crippen molar-refractivity contribution in [2.24, 2.45) is 5.92 Å². The zero-order valence-electron chi connectivity index (χ0n) is 11.1. The summed E-state index contributed by atoms with van der Waals surface area (Å²) in [5.41, 5.74) is 0. The number of hydrogen-bond donors (Lipinski definition) is 2. The molecular formula is C12H21N5O. The lowest BCUT2D eigenvalue weighted by atomic mass is 9.98. The fraction of sp³-hybridized carbons (Fsp3) is 0.750. The fourth-order valence-electron chi connectivity index (χ4n) is 2.25. The van der Waals surface area contributed by atoms with E-state index in [1.807, 2.05) is 14.0 Å². The zero-order valence-corrected chi connectivity index (χ0v) is 11.1. The number of H-pyrrole nitrogens is 1. The largest absolute Gasteiger partial charge is 0.339 e. The van der Waals surface area contributed by atoms with Crippen molar-refractivity contribution in [3.63, 3.8) is 0 Å². The molecule has 18 heavy (non-hydrogen) atoms. The monoisotopic (exact) mass is 251 g/mol. The van der Waals surface area contributed by atoms with Gasteiger partial charge in [-0.3, -0.25) is 9.89 Å². The summed E-state index contributed by atoms with van der Waals surface area (Å²) in [6.07, 6.45) is 3.02. The Morgan fingerprint density at radius 2 is 2.17 bits per heavy atom. The van der Waals surface area contributed by atoms with E-state index in [9.17, 15) is 4.79 Å². The van der Waals surface area contributed by atoms with Gasteiger partial charge >= 0.3 is 0 Å². The fourth-order valence-corrected chi connectivity index (χ4v) is 2.25. The van der Waals surface area contributed by atoms with Crippen LogP contribution in [0.15, 0.2) is 0 Å². The summed E-state index contributed by atoms with van der Waals surface area (Å²) in [5, 5.41) is 10.1. The quantitative estimate of drug-likeness (QED) is 0.814. The molecule has 0 aliphatic carbocycles. The molecular weight excluding hydrogens is 230 g/mol. The first-order valence-electron chi connectivity index (χ1n) is 6.58. The van der Waals surface area contributed by atoms with Crippen LogP contribution in [0, 0.1) is 5.92 Å². The first-order chi connectivity index (χ1) is 8.70. The minimum absolute atomic E-state index is 0.0931. The van der Waals surface area contributed by atoms with Gasteiger partial charge in [0, 0.05) is 20.0 Å². The van der Waals surface area contributed by atoms with Crippen LogP contribution < -0.4 is 5.32 Å². The number of piperidine rings is 1. The maximum Gasteiger partial charge on any atom is 0.293 e. The first kappa shape index (κ1) is 13.0. The Bertz CT molecular complexity index is 397. The van der Waals surface area contributed by atoms with Gasteiger partial charge in [-0.1, -0.05) is 6.92 Å². The van der Waals surface area contributed by atoms with Crippen molar-refractivity contribution in [2.45, 2.75) is 26.2 Å². The third-order valence-corrected chi connectivity index (χ3v) is 3.40. The molecule has 1 aliphatic rings. The number of aromatic nitrogens is 3. The average molecular weight is 251 g/mol. The highest BCUT2D eigenvalue weighted by Crippen LogP contribution is 2.13. The zero-order chi connectivity index (χ0) is 13.0. The Labute approximate surface area is 107 Å². The Morgan fingerprint density at radius 1 is 1.44 bits per heavy atom. The molecule has 6 heteroatoms. The van der Waals surface area contributed by atoms with Crippen LogP contribution in [-0.4, -0.2) is 52.7 Å². The number of aromatic amines is 1. The van der Waals surface area contributed by atoms with Gasteiger partial charge in [-0.05, 0) is 31.8 Å². The number of amides is 1. The van der Waals surface area contributed by atoms with Crippen LogP contribution in [0.3, 0.4) is 0 Å². The maximum absolute atomic E-state index is 12.1. The molecule has 0 bridgehead atoms. The molecule has 2 N–H and O–H groups in total. The number of aryl methyl sites for hydroxylation is 1. The van der Waals surface area contributed by atoms with E-state index in [2.05, 4.69) is 20.5 Å². The molecule has 100 valence electrons. The minimum atomic E-state index is -0.0931. The van der Waals surface area contributed by atoms with Gasteiger partial charge in [-0.2, -0.15) is 0 Å². The number of nitrogens with one attached hydrogen (secondary N) is 2. The second-order valence-electron chi connectivity index (χ2n) is 4.84. The predicted molar refractivity (Wildman–Crippen MR) is 68.3 cm³/mol. The molecule has 0 saturated carbocycles. The lowest BCUT2D eigenvalue weighted by Gasteiger charge is -2.26. The molecule has 1 aromatic heterocycles. The SMILES string of the molecule is CCc1nc(C(=O)N(C)CC2CCNCC2)n[nH]1. The van der Waals surface area contributed by atoms with Crippen molar-refractivity contribution >= 4 is 5.91 Å². The topological polar surface area (TPSA) is 73.9 Å². The average Bonchev–Trinajstić information content (AvgIpc) is 2.87. The molecule has 0 atom stereocenters. The van der Waals surface area contributed by atoms with E-state index in [0.717, 1.165) is 44.7 Å². The summed E-state index contributed by atoms with van der Waals surface area (Å²) in [4.78, 5) is 18.0. The molecule has 2 heterocycles. The smallest absolute Gasteiger partial charge is 0.293 e. The summed E-state index contributed by atoms with van der Waals surface area (Å²) >= 11 is 0. The van der Waals surface area contributed by atoms with Crippen LogP contribution >= 0.6 is 0 Å². The molecule has 1 amide bonds. The van der Waals surface area contributed by atoms with Crippen LogP contribution in [0.4, 0.5) is 0 Å². The van der Waals surface area contributed by atoms with E-state index < -0.39 is 0 Å². The van der Waals surface area contributed by atoms with Crippen molar-refractivity contribution < 1.29 is 4.79 Å². The lowest BCUT2D eigenvalue weighted by molar-refractivity contribution is 0.0751. The maximum atomic E-state index is 12.1.